The van der Waals surface area contributed by atoms with Crippen molar-refractivity contribution in [2.45, 2.75) is 18.4 Å². The van der Waals surface area contributed by atoms with Crippen LogP contribution in [-0.2, 0) is 15.9 Å². The Morgan fingerprint density at radius 2 is 1.53 bits per heavy atom. The zero-order valence-corrected chi connectivity index (χ0v) is 17.0. The number of methoxy groups -OCH3 is 1. The van der Waals surface area contributed by atoms with E-state index in [4.69, 9.17) is 9.47 Å². The molecule has 152 valence electrons. The lowest BCUT2D eigenvalue weighted by Crippen LogP contribution is -2.36. The van der Waals surface area contributed by atoms with E-state index in [-0.39, 0.29) is 12.0 Å². The average Bonchev–Trinajstić information content (AvgIpc) is 3.10. The molecule has 4 rings (SSSR count). The van der Waals surface area contributed by atoms with Gasteiger partial charge in [-0.1, -0.05) is 78.9 Å². The monoisotopic (exact) mass is 399 g/mol. The third-order valence-corrected chi connectivity index (χ3v) is 5.39. The predicted molar refractivity (Wildman–Crippen MR) is 118 cm³/mol. The van der Waals surface area contributed by atoms with E-state index < -0.39 is 6.09 Å². The average molecular weight is 399 g/mol. The Labute approximate surface area is 177 Å². The Morgan fingerprint density at radius 3 is 2.17 bits per heavy atom. The van der Waals surface area contributed by atoms with Crippen molar-refractivity contribution < 1.29 is 14.3 Å². The third-order valence-electron chi connectivity index (χ3n) is 5.39. The van der Waals surface area contributed by atoms with Crippen molar-refractivity contribution in [1.82, 2.24) is 5.32 Å². The summed E-state index contributed by atoms with van der Waals surface area (Å²) in [6, 6.07) is 26.4. The molecule has 1 amide bonds. The van der Waals surface area contributed by atoms with Gasteiger partial charge in [0, 0.05) is 5.92 Å². The maximum absolute atomic E-state index is 12.6. The number of carbonyl (C=O) groups excluding carboxylic acids is 1. The Bertz CT molecular complexity index is 984. The van der Waals surface area contributed by atoms with Gasteiger partial charge < -0.3 is 14.8 Å². The molecule has 3 aromatic rings. The van der Waals surface area contributed by atoms with E-state index >= 15 is 0 Å². The van der Waals surface area contributed by atoms with Crippen LogP contribution in [0.2, 0.25) is 0 Å². The first-order chi connectivity index (χ1) is 14.8. The molecule has 0 aliphatic heterocycles. The highest BCUT2D eigenvalue weighted by Gasteiger charge is 2.29. The van der Waals surface area contributed by atoms with E-state index in [2.05, 4.69) is 29.6 Å². The molecule has 0 saturated heterocycles. The van der Waals surface area contributed by atoms with E-state index in [1.807, 2.05) is 60.7 Å². The van der Waals surface area contributed by atoms with Crippen molar-refractivity contribution in [3.05, 3.63) is 108 Å². The van der Waals surface area contributed by atoms with Gasteiger partial charge in [-0.2, -0.15) is 0 Å². The standard InChI is InChI=1S/C26H25NO3/c1-29-16-15-20(17-19-9-3-2-4-10-19)27-26(28)30-18-25-23-13-7-5-11-21(23)22-12-6-8-14-24(22)25/h2-16,20,25H,17-18H2,1H3,(H,27,28)/b16-15+/t20-/m1/s1. The molecule has 0 heterocycles. The molecule has 0 bridgehead atoms. The number of ether oxygens (including phenoxy) is 2. The van der Waals surface area contributed by atoms with Crippen LogP contribution in [0.4, 0.5) is 4.79 Å². The number of rotatable bonds is 7. The van der Waals surface area contributed by atoms with E-state index in [9.17, 15) is 4.79 Å². The number of amides is 1. The summed E-state index contributed by atoms with van der Waals surface area (Å²) in [4.78, 5) is 12.6. The molecule has 4 nitrogen and oxygen atoms in total. The third kappa shape index (κ3) is 4.38. The van der Waals surface area contributed by atoms with Crippen molar-refractivity contribution in [2.75, 3.05) is 13.7 Å². The molecule has 0 radical (unpaired) electrons. The maximum atomic E-state index is 12.6. The van der Waals surface area contributed by atoms with Gasteiger partial charge in [0.15, 0.2) is 0 Å². The lowest BCUT2D eigenvalue weighted by molar-refractivity contribution is 0.140. The highest BCUT2D eigenvalue weighted by atomic mass is 16.5. The highest BCUT2D eigenvalue weighted by Crippen LogP contribution is 2.44. The number of hydrogen-bond donors (Lipinski definition) is 1. The SMILES string of the molecule is CO/C=C/[C@H](Cc1ccccc1)NC(=O)OCC1c2ccccc2-c2ccccc21. The number of hydrogen-bond acceptors (Lipinski definition) is 3. The molecule has 0 spiro atoms. The Hall–Kier alpha value is -3.53. The second-order valence-corrected chi connectivity index (χ2v) is 7.33. The zero-order valence-electron chi connectivity index (χ0n) is 17.0. The van der Waals surface area contributed by atoms with Gasteiger partial charge in [-0.25, -0.2) is 4.79 Å². The first-order valence-electron chi connectivity index (χ1n) is 10.1. The van der Waals surface area contributed by atoms with Crippen LogP contribution in [0.3, 0.4) is 0 Å². The minimum Gasteiger partial charge on any atom is -0.505 e. The first kappa shape index (κ1) is 19.8. The fraction of sp³-hybridized carbons (Fsp3) is 0.192. The van der Waals surface area contributed by atoms with Crippen molar-refractivity contribution in [3.63, 3.8) is 0 Å². The fourth-order valence-corrected chi connectivity index (χ4v) is 4.00. The van der Waals surface area contributed by atoms with Crippen LogP contribution in [-0.4, -0.2) is 25.9 Å². The van der Waals surface area contributed by atoms with Gasteiger partial charge >= 0.3 is 6.09 Å². The smallest absolute Gasteiger partial charge is 0.407 e. The number of fused-ring (bicyclic) bond motifs is 3. The fourth-order valence-electron chi connectivity index (χ4n) is 4.00. The summed E-state index contributed by atoms with van der Waals surface area (Å²) in [6.45, 7) is 0.298. The molecule has 1 N–H and O–H groups in total. The van der Waals surface area contributed by atoms with Crippen molar-refractivity contribution in [2.24, 2.45) is 0 Å². The number of alkyl carbamates (subject to hydrolysis) is 1. The molecule has 3 aromatic carbocycles. The predicted octanol–water partition coefficient (Wildman–Crippen LogP) is 5.30. The van der Waals surface area contributed by atoms with Crippen LogP contribution in [0.15, 0.2) is 91.2 Å². The van der Waals surface area contributed by atoms with Crippen molar-refractivity contribution in [1.29, 1.82) is 0 Å². The summed E-state index contributed by atoms with van der Waals surface area (Å²) in [6.07, 6.45) is 3.63. The zero-order chi connectivity index (χ0) is 20.8. The summed E-state index contributed by atoms with van der Waals surface area (Å²) in [5, 5.41) is 2.94. The summed E-state index contributed by atoms with van der Waals surface area (Å²) in [5.74, 6) is 0.0465. The summed E-state index contributed by atoms with van der Waals surface area (Å²) >= 11 is 0. The minimum atomic E-state index is -0.432. The largest absolute Gasteiger partial charge is 0.505 e. The van der Waals surface area contributed by atoms with Gasteiger partial charge in [-0.3, -0.25) is 0 Å². The van der Waals surface area contributed by atoms with Crippen LogP contribution in [0.5, 0.6) is 0 Å². The van der Waals surface area contributed by atoms with Gasteiger partial charge in [-0.05, 0) is 40.3 Å². The topological polar surface area (TPSA) is 47.6 Å². The van der Waals surface area contributed by atoms with Crippen molar-refractivity contribution in [3.8, 4) is 11.1 Å². The molecule has 1 atom stereocenters. The molecule has 1 aliphatic rings. The van der Waals surface area contributed by atoms with E-state index in [0.717, 1.165) is 5.56 Å². The molecule has 1 aliphatic carbocycles. The minimum absolute atomic E-state index is 0.0465. The number of nitrogens with one attached hydrogen (secondary N) is 1. The van der Waals surface area contributed by atoms with Gasteiger partial charge in [0.05, 0.1) is 19.4 Å². The molecular formula is C26H25NO3. The Kier molecular flexibility index (Phi) is 6.14. The van der Waals surface area contributed by atoms with Crippen molar-refractivity contribution >= 4 is 6.09 Å². The summed E-state index contributed by atoms with van der Waals surface area (Å²) < 4.78 is 10.7. The number of carbonyl (C=O) groups is 1. The second-order valence-electron chi connectivity index (χ2n) is 7.33. The molecule has 0 fully saturated rings. The van der Waals surface area contributed by atoms with Gasteiger partial charge in [0.2, 0.25) is 0 Å². The van der Waals surface area contributed by atoms with Gasteiger partial charge in [0.25, 0.3) is 0 Å². The van der Waals surface area contributed by atoms with E-state index in [0.29, 0.717) is 13.0 Å². The Balaban J connectivity index is 1.43. The quantitative estimate of drug-likeness (QED) is 0.549. The van der Waals surface area contributed by atoms with Crippen LogP contribution in [0.25, 0.3) is 11.1 Å². The van der Waals surface area contributed by atoms with Crippen LogP contribution >= 0.6 is 0 Å². The van der Waals surface area contributed by atoms with Gasteiger partial charge in [0.1, 0.15) is 6.61 Å². The normalized spacial score (nSPS) is 13.5. The highest BCUT2D eigenvalue weighted by molar-refractivity contribution is 5.79. The van der Waals surface area contributed by atoms with Crippen LogP contribution < -0.4 is 5.32 Å². The lowest BCUT2D eigenvalue weighted by atomic mass is 9.98. The molecule has 0 saturated carbocycles. The summed E-state index contributed by atoms with van der Waals surface area (Å²) in [7, 11) is 1.59. The van der Waals surface area contributed by atoms with Gasteiger partial charge in [-0.15, -0.1) is 0 Å². The molecule has 0 unspecified atom stereocenters. The lowest BCUT2D eigenvalue weighted by Gasteiger charge is -2.18. The van der Waals surface area contributed by atoms with E-state index in [1.54, 1.807) is 13.4 Å². The van der Waals surface area contributed by atoms with E-state index in [1.165, 1.54) is 22.3 Å². The molecule has 4 heteroatoms. The van der Waals surface area contributed by atoms with Crippen LogP contribution in [0, 0.1) is 0 Å². The summed E-state index contributed by atoms with van der Waals surface area (Å²) in [5.41, 5.74) is 5.96. The first-order valence-corrected chi connectivity index (χ1v) is 10.1. The second kappa shape index (κ2) is 9.31. The molecule has 0 aromatic heterocycles. The maximum Gasteiger partial charge on any atom is 0.407 e. The Morgan fingerprint density at radius 1 is 0.933 bits per heavy atom. The number of benzene rings is 3. The molecule has 30 heavy (non-hydrogen) atoms. The van der Waals surface area contributed by atoms with Crippen LogP contribution in [0.1, 0.15) is 22.6 Å². The molecular weight excluding hydrogens is 374 g/mol.